The van der Waals surface area contributed by atoms with Gasteiger partial charge in [0.05, 0.1) is 11.6 Å². The molecule has 0 radical (unpaired) electrons. The summed E-state index contributed by atoms with van der Waals surface area (Å²) in [7, 11) is 0. The number of carbonyl (C=O) groups excluding carboxylic acids is 1. The Labute approximate surface area is 120 Å². The molecule has 0 saturated heterocycles. The van der Waals surface area contributed by atoms with E-state index in [2.05, 4.69) is 5.32 Å². The summed E-state index contributed by atoms with van der Waals surface area (Å²) < 4.78 is 37.8. The molecule has 1 atom stereocenters. The Balaban J connectivity index is 2.36. The normalized spacial score (nSPS) is 12.8. The minimum atomic E-state index is -4.37. The van der Waals surface area contributed by atoms with Gasteiger partial charge in [-0.2, -0.15) is 13.2 Å². The van der Waals surface area contributed by atoms with Crippen molar-refractivity contribution in [3.8, 4) is 0 Å². The zero-order chi connectivity index (χ0) is 15.5. The summed E-state index contributed by atoms with van der Waals surface area (Å²) in [4.78, 5) is 11.3. The Morgan fingerprint density at radius 3 is 1.95 bits per heavy atom. The first kappa shape index (κ1) is 15.1. The highest BCUT2D eigenvalue weighted by Crippen LogP contribution is 2.31. The molecule has 0 heterocycles. The Morgan fingerprint density at radius 2 is 1.48 bits per heavy atom. The van der Waals surface area contributed by atoms with E-state index < -0.39 is 17.8 Å². The maximum absolute atomic E-state index is 12.6. The fraction of sp³-hybridized carbons (Fsp3) is 0.188. The SMILES string of the molecule is CC(=O)NC(c1ccccc1)c1ccc(C(F)(F)F)cc1. The van der Waals surface area contributed by atoms with Crippen molar-refractivity contribution in [2.45, 2.75) is 19.1 Å². The van der Waals surface area contributed by atoms with Crippen LogP contribution >= 0.6 is 0 Å². The van der Waals surface area contributed by atoms with Crippen LogP contribution in [0.4, 0.5) is 13.2 Å². The van der Waals surface area contributed by atoms with Crippen LogP contribution in [0, 0.1) is 0 Å². The number of hydrogen-bond acceptors (Lipinski definition) is 1. The van der Waals surface area contributed by atoms with Crippen LogP contribution in [0.25, 0.3) is 0 Å². The van der Waals surface area contributed by atoms with Crippen LogP contribution in [0.3, 0.4) is 0 Å². The van der Waals surface area contributed by atoms with Crippen molar-refractivity contribution < 1.29 is 18.0 Å². The highest BCUT2D eigenvalue weighted by atomic mass is 19.4. The zero-order valence-electron chi connectivity index (χ0n) is 11.3. The number of rotatable bonds is 3. The van der Waals surface area contributed by atoms with Gasteiger partial charge in [0.25, 0.3) is 0 Å². The molecule has 0 aliphatic carbocycles. The summed E-state index contributed by atoms with van der Waals surface area (Å²) in [6.45, 7) is 1.38. The molecule has 0 aliphatic heterocycles. The van der Waals surface area contributed by atoms with Crippen molar-refractivity contribution in [2.75, 3.05) is 0 Å². The first-order valence-corrected chi connectivity index (χ1v) is 6.37. The van der Waals surface area contributed by atoms with Gasteiger partial charge in [-0.1, -0.05) is 42.5 Å². The van der Waals surface area contributed by atoms with E-state index in [1.165, 1.54) is 19.1 Å². The van der Waals surface area contributed by atoms with E-state index in [9.17, 15) is 18.0 Å². The van der Waals surface area contributed by atoms with Crippen LogP contribution in [0.5, 0.6) is 0 Å². The molecule has 0 spiro atoms. The van der Waals surface area contributed by atoms with Crippen molar-refractivity contribution in [1.29, 1.82) is 0 Å². The molecule has 2 aromatic carbocycles. The zero-order valence-corrected chi connectivity index (χ0v) is 11.3. The van der Waals surface area contributed by atoms with E-state index in [-0.39, 0.29) is 5.91 Å². The smallest absolute Gasteiger partial charge is 0.345 e. The molecule has 1 N–H and O–H groups in total. The molecule has 0 fully saturated rings. The van der Waals surface area contributed by atoms with Crippen LogP contribution in [-0.2, 0) is 11.0 Å². The molecule has 1 unspecified atom stereocenters. The molecule has 2 aromatic rings. The fourth-order valence-corrected chi connectivity index (χ4v) is 2.07. The molecule has 0 bridgehead atoms. The van der Waals surface area contributed by atoms with Gasteiger partial charge >= 0.3 is 6.18 Å². The minimum absolute atomic E-state index is 0.247. The second-order valence-corrected chi connectivity index (χ2v) is 4.66. The van der Waals surface area contributed by atoms with Crippen LogP contribution < -0.4 is 5.32 Å². The second-order valence-electron chi connectivity index (χ2n) is 4.66. The van der Waals surface area contributed by atoms with Crippen LogP contribution in [0.15, 0.2) is 54.6 Å². The number of benzene rings is 2. The van der Waals surface area contributed by atoms with Gasteiger partial charge in [-0.05, 0) is 23.3 Å². The van der Waals surface area contributed by atoms with E-state index in [0.717, 1.165) is 17.7 Å². The van der Waals surface area contributed by atoms with Gasteiger partial charge in [-0.25, -0.2) is 0 Å². The van der Waals surface area contributed by atoms with Gasteiger partial charge in [-0.15, -0.1) is 0 Å². The average molecular weight is 293 g/mol. The summed E-state index contributed by atoms with van der Waals surface area (Å²) in [5, 5.41) is 2.75. The lowest BCUT2D eigenvalue weighted by Crippen LogP contribution is -2.26. The lowest BCUT2D eigenvalue weighted by atomic mass is 9.97. The third kappa shape index (κ3) is 3.84. The van der Waals surface area contributed by atoms with Gasteiger partial charge in [0.1, 0.15) is 0 Å². The molecule has 0 aliphatic rings. The van der Waals surface area contributed by atoms with Gasteiger partial charge in [0, 0.05) is 6.92 Å². The molecule has 1 amide bonds. The van der Waals surface area contributed by atoms with Gasteiger partial charge in [0.2, 0.25) is 5.91 Å². The predicted molar refractivity (Wildman–Crippen MR) is 73.5 cm³/mol. The molecule has 5 heteroatoms. The van der Waals surface area contributed by atoms with Crippen molar-refractivity contribution in [1.82, 2.24) is 5.32 Å². The maximum atomic E-state index is 12.6. The summed E-state index contributed by atoms with van der Waals surface area (Å²) >= 11 is 0. The molecular weight excluding hydrogens is 279 g/mol. The van der Waals surface area contributed by atoms with Crippen molar-refractivity contribution in [3.63, 3.8) is 0 Å². The third-order valence-corrected chi connectivity index (χ3v) is 3.05. The first-order chi connectivity index (χ1) is 9.88. The Morgan fingerprint density at radius 1 is 0.952 bits per heavy atom. The van der Waals surface area contributed by atoms with E-state index >= 15 is 0 Å². The quantitative estimate of drug-likeness (QED) is 0.912. The second kappa shape index (κ2) is 5.99. The molecule has 2 nitrogen and oxygen atoms in total. The molecule has 21 heavy (non-hydrogen) atoms. The lowest BCUT2D eigenvalue weighted by Gasteiger charge is -2.19. The molecular formula is C16H14F3NO. The van der Waals surface area contributed by atoms with Gasteiger partial charge in [-0.3, -0.25) is 4.79 Å². The lowest BCUT2D eigenvalue weighted by molar-refractivity contribution is -0.137. The van der Waals surface area contributed by atoms with Crippen molar-refractivity contribution in [2.24, 2.45) is 0 Å². The molecule has 110 valence electrons. The van der Waals surface area contributed by atoms with Crippen LogP contribution in [0.2, 0.25) is 0 Å². The molecule has 0 saturated carbocycles. The fourth-order valence-electron chi connectivity index (χ4n) is 2.07. The first-order valence-electron chi connectivity index (χ1n) is 6.37. The van der Waals surface area contributed by atoms with E-state index in [1.807, 2.05) is 30.3 Å². The minimum Gasteiger partial charge on any atom is -0.345 e. The number of hydrogen-bond donors (Lipinski definition) is 1. The number of alkyl halides is 3. The standard InChI is InChI=1S/C16H14F3NO/c1-11(21)20-15(12-5-3-2-4-6-12)13-7-9-14(10-8-13)16(17,18)19/h2-10,15H,1H3,(H,20,21). The predicted octanol–water partition coefficient (Wildman–Crippen LogP) is 3.93. The highest BCUT2D eigenvalue weighted by Gasteiger charge is 2.30. The monoisotopic (exact) mass is 293 g/mol. The largest absolute Gasteiger partial charge is 0.416 e. The van der Waals surface area contributed by atoms with Crippen LogP contribution in [-0.4, -0.2) is 5.91 Å². The van der Waals surface area contributed by atoms with Gasteiger partial charge in [0.15, 0.2) is 0 Å². The third-order valence-electron chi connectivity index (χ3n) is 3.05. The Kier molecular flexibility index (Phi) is 4.31. The number of halogens is 3. The Bertz CT molecular complexity index is 606. The van der Waals surface area contributed by atoms with E-state index in [0.29, 0.717) is 5.56 Å². The summed E-state index contributed by atoms with van der Waals surface area (Å²) in [6, 6.07) is 13.4. The maximum Gasteiger partial charge on any atom is 0.416 e. The van der Waals surface area contributed by atoms with E-state index in [1.54, 1.807) is 0 Å². The average Bonchev–Trinajstić information content (AvgIpc) is 2.45. The Hall–Kier alpha value is -2.30. The van der Waals surface area contributed by atoms with Crippen molar-refractivity contribution >= 4 is 5.91 Å². The summed E-state index contributed by atoms with van der Waals surface area (Å²) in [6.07, 6.45) is -4.37. The van der Waals surface area contributed by atoms with Crippen LogP contribution in [0.1, 0.15) is 29.7 Å². The van der Waals surface area contributed by atoms with Crippen molar-refractivity contribution in [3.05, 3.63) is 71.3 Å². The molecule has 0 aromatic heterocycles. The summed E-state index contributed by atoms with van der Waals surface area (Å²) in [5.74, 6) is -0.247. The number of nitrogens with one attached hydrogen (secondary N) is 1. The highest BCUT2D eigenvalue weighted by molar-refractivity contribution is 5.74. The number of amides is 1. The van der Waals surface area contributed by atoms with E-state index in [4.69, 9.17) is 0 Å². The summed E-state index contributed by atoms with van der Waals surface area (Å²) in [5.41, 5.74) is 0.706. The van der Waals surface area contributed by atoms with Gasteiger partial charge < -0.3 is 5.32 Å². The molecule has 2 rings (SSSR count). The number of carbonyl (C=O) groups is 1. The topological polar surface area (TPSA) is 29.1 Å².